The second-order valence-corrected chi connectivity index (χ2v) is 6.38. The predicted octanol–water partition coefficient (Wildman–Crippen LogP) is 0.435. The average Bonchev–Trinajstić information content (AvgIpc) is 2.84. The fraction of sp³-hybridized carbons (Fsp3) is 0.929. The summed E-state index contributed by atoms with van der Waals surface area (Å²) in [5.74, 6) is 0.156. The van der Waals surface area contributed by atoms with E-state index in [1.165, 1.54) is 0 Å². The molecule has 2 unspecified atom stereocenters. The van der Waals surface area contributed by atoms with Gasteiger partial charge < -0.3 is 15.4 Å². The van der Waals surface area contributed by atoms with E-state index in [1.807, 2.05) is 11.9 Å². The van der Waals surface area contributed by atoms with Crippen LogP contribution in [0.15, 0.2) is 0 Å². The Bertz CT molecular complexity index is 327. The van der Waals surface area contributed by atoms with E-state index in [4.69, 9.17) is 10.5 Å². The Labute approximate surface area is 116 Å². The lowest BCUT2D eigenvalue weighted by Crippen LogP contribution is -2.55. The van der Waals surface area contributed by atoms with Crippen molar-refractivity contribution < 1.29 is 9.53 Å². The van der Waals surface area contributed by atoms with E-state index in [1.54, 1.807) is 0 Å². The molecule has 0 bridgehead atoms. The van der Waals surface area contributed by atoms with Crippen LogP contribution >= 0.6 is 0 Å². The minimum absolute atomic E-state index is 0.124. The van der Waals surface area contributed by atoms with Gasteiger partial charge >= 0.3 is 0 Å². The molecule has 2 rings (SSSR count). The second kappa shape index (κ2) is 5.77. The summed E-state index contributed by atoms with van der Waals surface area (Å²) in [4.78, 5) is 16.8. The molecule has 2 saturated heterocycles. The van der Waals surface area contributed by atoms with Crippen LogP contribution in [0, 0.1) is 0 Å². The monoisotopic (exact) mass is 269 g/mol. The Morgan fingerprint density at radius 3 is 2.79 bits per heavy atom. The van der Waals surface area contributed by atoms with Gasteiger partial charge in [-0.25, -0.2) is 0 Å². The molecule has 1 amide bonds. The molecule has 2 aliphatic rings. The Morgan fingerprint density at radius 1 is 1.47 bits per heavy atom. The van der Waals surface area contributed by atoms with Crippen molar-refractivity contribution in [3.05, 3.63) is 0 Å². The third-order valence-corrected chi connectivity index (χ3v) is 4.52. The first-order valence-electron chi connectivity index (χ1n) is 7.29. The first-order chi connectivity index (χ1) is 8.95. The molecule has 0 aromatic carbocycles. The molecular weight excluding hydrogens is 242 g/mol. The van der Waals surface area contributed by atoms with Crippen LogP contribution in [0.25, 0.3) is 0 Å². The maximum Gasteiger partial charge on any atom is 0.241 e. The van der Waals surface area contributed by atoms with Crippen LogP contribution in [-0.2, 0) is 9.53 Å². The summed E-state index contributed by atoms with van der Waals surface area (Å²) in [6.07, 6.45) is 3.33. The van der Waals surface area contributed by atoms with Crippen molar-refractivity contribution >= 4 is 5.91 Å². The quantitative estimate of drug-likeness (QED) is 0.807. The number of amides is 1. The summed E-state index contributed by atoms with van der Waals surface area (Å²) in [6, 6.07) is -0.192. The molecule has 2 N–H and O–H groups in total. The number of ether oxygens (including phenoxy) is 1. The van der Waals surface area contributed by atoms with Gasteiger partial charge in [-0.3, -0.25) is 9.69 Å². The third kappa shape index (κ3) is 3.09. The fourth-order valence-corrected chi connectivity index (χ4v) is 3.02. The molecule has 5 nitrogen and oxygen atoms in total. The highest BCUT2D eigenvalue weighted by Crippen LogP contribution is 2.27. The van der Waals surface area contributed by atoms with E-state index in [0.717, 1.165) is 32.4 Å². The zero-order valence-corrected chi connectivity index (χ0v) is 12.4. The molecular formula is C14H27N3O2. The van der Waals surface area contributed by atoms with Crippen molar-refractivity contribution in [3.63, 3.8) is 0 Å². The van der Waals surface area contributed by atoms with Crippen molar-refractivity contribution in [3.8, 4) is 0 Å². The Morgan fingerprint density at radius 2 is 2.21 bits per heavy atom. The summed E-state index contributed by atoms with van der Waals surface area (Å²) >= 11 is 0. The number of carbonyl (C=O) groups excluding carboxylic acids is 1. The summed E-state index contributed by atoms with van der Waals surface area (Å²) in [5.41, 5.74) is 5.67. The standard InChI is InChI=1S/C14H27N3O2/c1-14(2)6-7-16(3)12(9-15)13(18)17(14)10-11-5-4-8-19-11/h11-12H,4-10,15H2,1-3H3. The molecule has 0 aromatic heterocycles. The topological polar surface area (TPSA) is 58.8 Å². The highest BCUT2D eigenvalue weighted by molar-refractivity contribution is 5.83. The molecule has 0 radical (unpaired) electrons. The lowest BCUT2D eigenvalue weighted by Gasteiger charge is -2.39. The molecule has 2 aliphatic heterocycles. The van der Waals surface area contributed by atoms with Crippen LogP contribution in [0.1, 0.15) is 33.1 Å². The van der Waals surface area contributed by atoms with E-state index in [2.05, 4.69) is 18.7 Å². The van der Waals surface area contributed by atoms with Crippen molar-refractivity contribution in [2.24, 2.45) is 5.73 Å². The van der Waals surface area contributed by atoms with Gasteiger partial charge in [0.1, 0.15) is 6.04 Å². The van der Waals surface area contributed by atoms with E-state index in [9.17, 15) is 4.79 Å². The molecule has 19 heavy (non-hydrogen) atoms. The largest absolute Gasteiger partial charge is 0.376 e. The van der Waals surface area contributed by atoms with Gasteiger partial charge in [-0.2, -0.15) is 0 Å². The Balaban J connectivity index is 2.16. The molecule has 0 aliphatic carbocycles. The van der Waals surface area contributed by atoms with Gasteiger partial charge in [0.25, 0.3) is 0 Å². The van der Waals surface area contributed by atoms with E-state index in [-0.39, 0.29) is 23.6 Å². The van der Waals surface area contributed by atoms with Gasteiger partial charge in [0.2, 0.25) is 5.91 Å². The van der Waals surface area contributed by atoms with E-state index >= 15 is 0 Å². The SMILES string of the molecule is CN1CCC(C)(C)N(CC2CCCO2)C(=O)C1CN. The lowest BCUT2D eigenvalue weighted by atomic mass is 9.97. The highest BCUT2D eigenvalue weighted by Gasteiger charge is 2.40. The fourth-order valence-electron chi connectivity index (χ4n) is 3.02. The maximum absolute atomic E-state index is 12.7. The second-order valence-electron chi connectivity index (χ2n) is 6.38. The first kappa shape index (κ1) is 14.8. The van der Waals surface area contributed by atoms with Crippen LogP contribution in [0.3, 0.4) is 0 Å². The zero-order valence-electron chi connectivity index (χ0n) is 12.4. The van der Waals surface area contributed by atoms with Crippen molar-refractivity contribution in [1.29, 1.82) is 0 Å². The maximum atomic E-state index is 12.7. The van der Waals surface area contributed by atoms with Crippen molar-refractivity contribution in [1.82, 2.24) is 9.80 Å². The van der Waals surface area contributed by atoms with E-state index in [0.29, 0.717) is 13.1 Å². The van der Waals surface area contributed by atoms with Crippen LogP contribution in [0.4, 0.5) is 0 Å². The summed E-state index contributed by atoms with van der Waals surface area (Å²) in [7, 11) is 1.99. The van der Waals surface area contributed by atoms with Gasteiger partial charge in [-0.1, -0.05) is 0 Å². The first-order valence-corrected chi connectivity index (χ1v) is 7.29. The number of likely N-dealkylation sites (N-methyl/N-ethyl adjacent to an activating group) is 1. The zero-order chi connectivity index (χ0) is 14.0. The molecule has 0 spiro atoms. The molecule has 0 saturated carbocycles. The smallest absolute Gasteiger partial charge is 0.241 e. The molecule has 2 atom stereocenters. The van der Waals surface area contributed by atoms with Crippen LogP contribution in [-0.4, -0.2) is 66.7 Å². The number of rotatable bonds is 3. The molecule has 2 fully saturated rings. The Kier molecular flexibility index (Phi) is 4.48. The summed E-state index contributed by atoms with van der Waals surface area (Å²) in [5, 5.41) is 0. The molecule has 110 valence electrons. The van der Waals surface area contributed by atoms with Crippen LogP contribution < -0.4 is 5.73 Å². The molecule has 0 aromatic rings. The number of nitrogens with zero attached hydrogens (tertiary/aromatic N) is 2. The highest BCUT2D eigenvalue weighted by atomic mass is 16.5. The van der Waals surface area contributed by atoms with Crippen LogP contribution in [0.2, 0.25) is 0 Å². The van der Waals surface area contributed by atoms with Gasteiger partial charge in [-0.05, 0) is 40.2 Å². The van der Waals surface area contributed by atoms with Crippen LogP contribution in [0.5, 0.6) is 0 Å². The van der Waals surface area contributed by atoms with E-state index < -0.39 is 0 Å². The lowest BCUT2D eigenvalue weighted by molar-refractivity contribution is -0.141. The van der Waals surface area contributed by atoms with Gasteiger partial charge in [-0.15, -0.1) is 0 Å². The summed E-state index contributed by atoms with van der Waals surface area (Å²) in [6.45, 7) is 7.11. The third-order valence-electron chi connectivity index (χ3n) is 4.52. The van der Waals surface area contributed by atoms with Gasteiger partial charge in [0.05, 0.1) is 6.10 Å². The van der Waals surface area contributed by atoms with Gasteiger partial charge in [0.15, 0.2) is 0 Å². The predicted molar refractivity (Wildman–Crippen MR) is 74.9 cm³/mol. The van der Waals surface area contributed by atoms with Gasteiger partial charge in [0, 0.05) is 31.8 Å². The molecule has 2 heterocycles. The molecule has 5 heteroatoms. The average molecular weight is 269 g/mol. The minimum Gasteiger partial charge on any atom is -0.376 e. The normalized spacial score (nSPS) is 32.6. The number of nitrogens with two attached hydrogens (primary N) is 1. The minimum atomic E-state index is -0.192. The summed E-state index contributed by atoms with van der Waals surface area (Å²) < 4.78 is 5.70. The number of hydrogen-bond donors (Lipinski definition) is 1. The number of hydrogen-bond acceptors (Lipinski definition) is 4. The number of carbonyl (C=O) groups is 1. The van der Waals surface area contributed by atoms with Crippen molar-refractivity contribution in [2.45, 2.75) is 50.8 Å². The Hall–Kier alpha value is -0.650. The van der Waals surface area contributed by atoms with Crippen molar-refractivity contribution in [2.75, 3.05) is 33.3 Å².